The van der Waals surface area contributed by atoms with Gasteiger partial charge in [-0.15, -0.1) is 11.3 Å². The SMILES string of the molecule is CCc1c(F)ccc2cc(O)cc(-c3ncc4c(N5CC6CCC(C5)N6)nc(OCC5CCCN5CCCCOCC(=O)NC(C(=O)N5CC(O)CC5C(=O)NC(C)c5ccc(-c6scnc6C)cc5)C(C)(C)C)nc4c3F)c12. The average Bonchev–Trinajstić information content (AvgIpc) is 4.39. The maximum Gasteiger partial charge on any atom is 0.319 e. The van der Waals surface area contributed by atoms with Crippen molar-refractivity contribution in [1.82, 2.24) is 45.7 Å². The molecular weight excluding hydrogens is 1030 g/mol. The van der Waals surface area contributed by atoms with Crippen LogP contribution in [0.3, 0.4) is 0 Å². The largest absolute Gasteiger partial charge is 0.508 e. The van der Waals surface area contributed by atoms with Crippen molar-refractivity contribution in [2.75, 3.05) is 57.4 Å². The zero-order chi connectivity index (χ0) is 55.7. The third kappa shape index (κ3) is 12.2. The van der Waals surface area contributed by atoms with Crippen LogP contribution in [0.25, 0.3) is 43.4 Å². The molecule has 20 heteroatoms. The molecule has 0 aliphatic carbocycles. The minimum Gasteiger partial charge on any atom is -0.508 e. The Kier molecular flexibility index (Phi) is 16.8. The van der Waals surface area contributed by atoms with Crippen LogP contribution in [0.2, 0.25) is 0 Å². The molecule has 3 amide bonds. The number of piperazine rings is 1. The van der Waals surface area contributed by atoms with Gasteiger partial charge in [-0.25, -0.2) is 13.8 Å². The van der Waals surface area contributed by atoms with E-state index in [1.54, 1.807) is 23.6 Å². The number of amides is 3. The zero-order valence-corrected chi connectivity index (χ0v) is 46.7. The number of halogens is 2. The van der Waals surface area contributed by atoms with Gasteiger partial charge in [-0.3, -0.25) is 24.3 Å². The van der Waals surface area contributed by atoms with Crippen molar-refractivity contribution in [2.45, 2.75) is 135 Å². The van der Waals surface area contributed by atoms with Crippen LogP contribution in [0, 0.1) is 24.0 Å². The fourth-order valence-electron chi connectivity index (χ4n) is 12.0. The Hall–Kier alpha value is -6.45. The van der Waals surface area contributed by atoms with Gasteiger partial charge in [-0.2, -0.15) is 9.97 Å². The lowest BCUT2D eigenvalue weighted by molar-refractivity contribution is -0.144. The molecule has 4 aliphatic rings. The summed E-state index contributed by atoms with van der Waals surface area (Å²) < 4.78 is 44.6. The van der Waals surface area contributed by atoms with Gasteiger partial charge in [0.1, 0.15) is 53.9 Å². The normalized spacial score (nSPS) is 21.3. The van der Waals surface area contributed by atoms with Gasteiger partial charge in [-0.05, 0) is 123 Å². The molecule has 7 atom stereocenters. The number of hydrogen-bond donors (Lipinski definition) is 5. The fraction of sp³-hybridized carbons (Fsp3) is 0.508. The number of carbonyl (C=O) groups is 3. The molecule has 0 saturated carbocycles. The minimum absolute atomic E-state index is 0.0311. The van der Waals surface area contributed by atoms with Crippen molar-refractivity contribution in [3.63, 3.8) is 0 Å². The summed E-state index contributed by atoms with van der Waals surface area (Å²) >= 11 is 1.57. The van der Waals surface area contributed by atoms with Crippen molar-refractivity contribution in [3.8, 4) is 33.5 Å². The van der Waals surface area contributed by atoms with Gasteiger partial charge in [-0.1, -0.05) is 58.0 Å². The predicted molar refractivity (Wildman–Crippen MR) is 300 cm³/mol. The first-order valence-electron chi connectivity index (χ1n) is 27.8. The van der Waals surface area contributed by atoms with Gasteiger partial charge >= 0.3 is 6.01 Å². The minimum atomic E-state index is -0.984. The summed E-state index contributed by atoms with van der Waals surface area (Å²) in [6, 6.07) is 12.2. The maximum atomic E-state index is 17.2. The molecule has 0 radical (unpaired) electrons. The second-order valence-electron chi connectivity index (χ2n) is 22.8. The Morgan fingerprint density at radius 2 is 1.75 bits per heavy atom. The molecule has 5 N–H and O–H groups in total. The number of likely N-dealkylation sites (tertiary alicyclic amines) is 2. The van der Waals surface area contributed by atoms with Gasteiger partial charge in [0, 0.05) is 62.5 Å². The monoisotopic (exact) mass is 1100 g/mol. The molecule has 3 aromatic carbocycles. The van der Waals surface area contributed by atoms with Crippen LogP contribution in [0.15, 0.2) is 60.2 Å². The average molecular weight is 1100 g/mol. The van der Waals surface area contributed by atoms with E-state index in [-0.39, 0.29) is 84.8 Å². The number of aliphatic hydroxyl groups is 1. The predicted octanol–water partition coefficient (Wildman–Crippen LogP) is 7.77. The third-order valence-electron chi connectivity index (χ3n) is 16.1. The van der Waals surface area contributed by atoms with Crippen LogP contribution in [0.5, 0.6) is 11.8 Å². The van der Waals surface area contributed by atoms with Crippen LogP contribution in [-0.2, 0) is 25.5 Å². The Morgan fingerprint density at radius 3 is 2.47 bits per heavy atom. The molecule has 7 unspecified atom stereocenters. The number of pyridine rings is 1. The topological polar surface area (TPSA) is 208 Å². The molecule has 7 heterocycles. The summed E-state index contributed by atoms with van der Waals surface area (Å²) in [6.45, 7) is 14.5. The van der Waals surface area contributed by atoms with E-state index in [1.807, 2.05) is 71.3 Å². The van der Waals surface area contributed by atoms with E-state index >= 15 is 8.78 Å². The maximum absolute atomic E-state index is 17.2. The molecule has 3 aromatic heterocycles. The van der Waals surface area contributed by atoms with Crippen LogP contribution in [-0.4, -0.2) is 147 Å². The highest BCUT2D eigenvalue weighted by Crippen LogP contribution is 2.40. The number of nitrogens with one attached hydrogen (secondary N) is 3. The summed E-state index contributed by atoms with van der Waals surface area (Å²) in [5, 5.41) is 32.5. The number of hydrogen-bond acceptors (Lipinski definition) is 15. The van der Waals surface area contributed by atoms with E-state index in [0.29, 0.717) is 60.1 Å². The standard InChI is InChI=1S/C59H72F2N10O7S/c1-7-43-46(60)19-16-37-23-41(72)24-44(49(37)43)51-50(61)52-45(26-62-51)55(70-27-38-17-18-39(28-70)65-38)68-58(67-52)78-30-40-11-10-21-69(40)20-8-9-22-77-31-48(74)66-54(59(4,5)6)57(76)71-29-42(73)25-47(71)56(75)64-33(2)35-12-14-36(15-13-35)53-34(3)63-32-79-53/h12-16,19,23-24,26,32-33,38-40,42,47,54,65,72-73H,7-11,17-18,20-22,25,27-31H2,1-6H3,(H,64,75)(H,66,74). The summed E-state index contributed by atoms with van der Waals surface area (Å²) in [4.78, 5) is 66.9. The second kappa shape index (κ2) is 23.7. The Balaban J connectivity index is 0.734. The Morgan fingerprint density at radius 1 is 0.975 bits per heavy atom. The number of anilines is 1. The summed E-state index contributed by atoms with van der Waals surface area (Å²) in [5.74, 6) is -1.96. The number of aliphatic hydroxyl groups excluding tert-OH is 1. The Labute approximate surface area is 463 Å². The smallest absolute Gasteiger partial charge is 0.319 e. The number of ether oxygens (including phenoxy) is 2. The van der Waals surface area contributed by atoms with E-state index in [0.717, 1.165) is 66.9 Å². The number of unbranched alkanes of at least 4 members (excludes halogenated alkanes) is 1. The first-order valence-corrected chi connectivity index (χ1v) is 28.7. The lowest BCUT2D eigenvalue weighted by Gasteiger charge is -2.35. The van der Waals surface area contributed by atoms with Crippen LogP contribution < -0.4 is 25.6 Å². The van der Waals surface area contributed by atoms with Gasteiger partial charge in [0.15, 0.2) is 5.82 Å². The number of phenolic OH excluding ortho intramolecular Hbond substituents is 1. The van der Waals surface area contributed by atoms with Crippen molar-refractivity contribution in [3.05, 3.63) is 88.7 Å². The Bertz CT molecular complexity index is 3200. The number of rotatable bonds is 19. The highest BCUT2D eigenvalue weighted by atomic mass is 32.1. The molecule has 4 saturated heterocycles. The molecule has 10 rings (SSSR count). The number of fused-ring (bicyclic) bond motifs is 4. The molecule has 4 aliphatic heterocycles. The molecule has 4 fully saturated rings. The van der Waals surface area contributed by atoms with E-state index in [1.165, 1.54) is 23.1 Å². The van der Waals surface area contributed by atoms with E-state index in [9.17, 15) is 24.6 Å². The highest BCUT2D eigenvalue weighted by Gasteiger charge is 2.45. The van der Waals surface area contributed by atoms with Crippen molar-refractivity contribution in [1.29, 1.82) is 0 Å². The molecule has 420 valence electrons. The molecule has 79 heavy (non-hydrogen) atoms. The molecule has 6 aromatic rings. The summed E-state index contributed by atoms with van der Waals surface area (Å²) in [5.41, 5.74) is 4.64. The number of carbonyl (C=O) groups excluding carboxylic acids is 3. The summed E-state index contributed by atoms with van der Waals surface area (Å²) in [6.07, 6.45) is 6.50. The van der Waals surface area contributed by atoms with E-state index < -0.39 is 47.1 Å². The summed E-state index contributed by atoms with van der Waals surface area (Å²) in [7, 11) is 0. The number of aromatic hydroxyl groups is 1. The van der Waals surface area contributed by atoms with Crippen LogP contribution >= 0.6 is 11.3 Å². The first-order chi connectivity index (χ1) is 37.9. The zero-order valence-electron chi connectivity index (χ0n) is 45.9. The van der Waals surface area contributed by atoms with Crippen molar-refractivity contribution >= 4 is 56.6 Å². The first kappa shape index (κ1) is 55.8. The number of benzene rings is 3. The van der Waals surface area contributed by atoms with Crippen molar-refractivity contribution in [2.24, 2.45) is 5.41 Å². The molecule has 0 spiro atoms. The van der Waals surface area contributed by atoms with Gasteiger partial charge in [0.2, 0.25) is 17.7 Å². The lowest BCUT2D eigenvalue weighted by Crippen LogP contribution is -2.58. The van der Waals surface area contributed by atoms with Gasteiger partial charge in [0.25, 0.3) is 0 Å². The lowest BCUT2D eigenvalue weighted by atomic mass is 9.85. The highest BCUT2D eigenvalue weighted by molar-refractivity contribution is 7.13. The second-order valence-corrected chi connectivity index (χ2v) is 23.7. The molecular formula is C59H72F2N10O7S. The fourth-order valence-corrected chi connectivity index (χ4v) is 12.8. The van der Waals surface area contributed by atoms with Gasteiger partial charge < -0.3 is 45.4 Å². The quantitative estimate of drug-likeness (QED) is 0.0492. The van der Waals surface area contributed by atoms with Gasteiger partial charge in [0.05, 0.1) is 33.6 Å². The number of thiazole rings is 1. The number of β-amino-alcohol motifs (C(OH)–C–C–N with tert-alkyl or cyclic N) is 1. The number of aromatic nitrogens is 4. The van der Waals surface area contributed by atoms with Crippen LogP contribution in [0.1, 0.15) is 102 Å². The third-order valence-corrected chi connectivity index (χ3v) is 17.1. The molecule has 17 nitrogen and oxygen atoms in total. The van der Waals surface area contributed by atoms with Crippen LogP contribution in [0.4, 0.5) is 14.6 Å². The van der Waals surface area contributed by atoms with E-state index in [2.05, 4.69) is 40.7 Å². The number of aryl methyl sites for hydroxylation is 2. The number of nitrogens with zero attached hydrogens (tertiary/aromatic N) is 7. The molecule has 2 bridgehead atoms. The van der Waals surface area contributed by atoms with Crippen molar-refractivity contribution < 1.29 is 42.9 Å². The van der Waals surface area contributed by atoms with E-state index in [4.69, 9.17) is 14.5 Å². The number of phenols is 1.